The van der Waals surface area contributed by atoms with Crippen molar-refractivity contribution >= 4 is 17.3 Å². The monoisotopic (exact) mass is 375 g/mol. The van der Waals surface area contributed by atoms with Gasteiger partial charge in [0.2, 0.25) is 0 Å². The lowest BCUT2D eigenvalue weighted by atomic mass is 9.84. The predicted molar refractivity (Wildman–Crippen MR) is 120 cm³/mol. The predicted octanol–water partition coefficient (Wildman–Crippen LogP) is 7.24. The number of rotatable bonds is 4. The van der Waals surface area contributed by atoms with E-state index in [9.17, 15) is 0 Å². The van der Waals surface area contributed by atoms with Crippen molar-refractivity contribution in [1.29, 1.82) is 5.41 Å². The van der Waals surface area contributed by atoms with E-state index < -0.39 is 0 Å². The number of hydrogen-bond donors (Lipinski definition) is 3. The van der Waals surface area contributed by atoms with Crippen LogP contribution in [0.25, 0.3) is 0 Å². The summed E-state index contributed by atoms with van der Waals surface area (Å²) in [7, 11) is 0. The van der Waals surface area contributed by atoms with Crippen LogP contribution in [-0.2, 0) is 0 Å². The SMILES string of the molecule is N=C(Nc1ccc(C2CCCCC2)cc1)Nc1ccc(C2CCCCC2)cc1. The van der Waals surface area contributed by atoms with Crippen molar-refractivity contribution < 1.29 is 0 Å². The number of anilines is 2. The Hall–Kier alpha value is -2.29. The van der Waals surface area contributed by atoms with E-state index in [4.69, 9.17) is 5.41 Å². The zero-order valence-corrected chi connectivity index (χ0v) is 16.8. The minimum absolute atomic E-state index is 0.316. The fourth-order valence-corrected chi connectivity index (χ4v) is 4.87. The Morgan fingerprint density at radius 2 is 0.929 bits per heavy atom. The molecule has 2 saturated carbocycles. The van der Waals surface area contributed by atoms with Gasteiger partial charge in [0.15, 0.2) is 5.96 Å². The van der Waals surface area contributed by atoms with Gasteiger partial charge in [-0.05, 0) is 72.9 Å². The van der Waals surface area contributed by atoms with Crippen LogP contribution in [0.15, 0.2) is 48.5 Å². The van der Waals surface area contributed by atoms with E-state index in [-0.39, 0.29) is 0 Å². The van der Waals surface area contributed by atoms with E-state index in [1.165, 1.54) is 75.3 Å². The second-order valence-electron chi connectivity index (χ2n) is 8.54. The van der Waals surface area contributed by atoms with E-state index >= 15 is 0 Å². The molecule has 0 spiro atoms. The van der Waals surface area contributed by atoms with Crippen LogP contribution in [0.2, 0.25) is 0 Å². The van der Waals surface area contributed by atoms with Gasteiger partial charge in [-0.1, -0.05) is 62.8 Å². The smallest absolute Gasteiger partial charge is 0.197 e. The molecule has 0 heterocycles. The van der Waals surface area contributed by atoms with Crippen LogP contribution in [0, 0.1) is 5.41 Å². The molecule has 2 aromatic rings. The molecular formula is C25H33N3. The summed E-state index contributed by atoms with van der Waals surface area (Å²) in [6.07, 6.45) is 13.5. The first-order valence-electron chi connectivity index (χ1n) is 11.1. The van der Waals surface area contributed by atoms with Crippen LogP contribution in [0.5, 0.6) is 0 Å². The molecule has 3 heteroatoms. The van der Waals surface area contributed by atoms with Crippen molar-refractivity contribution in [3.8, 4) is 0 Å². The van der Waals surface area contributed by atoms with Crippen molar-refractivity contribution in [3.05, 3.63) is 59.7 Å². The summed E-state index contributed by atoms with van der Waals surface area (Å²) in [6.45, 7) is 0. The van der Waals surface area contributed by atoms with Crippen LogP contribution in [0.3, 0.4) is 0 Å². The van der Waals surface area contributed by atoms with Gasteiger partial charge in [0.05, 0.1) is 0 Å². The highest BCUT2D eigenvalue weighted by molar-refractivity contribution is 6.01. The van der Waals surface area contributed by atoms with Crippen molar-refractivity contribution in [2.45, 2.75) is 76.0 Å². The summed E-state index contributed by atoms with van der Waals surface area (Å²) >= 11 is 0. The molecule has 0 radical (unpaired) electrons. The molecular weight excluding hydrogens is 342 g/mol. The van der Waals surface area contributed by atoms with Gasteiger partial charge in [-0.3, -0.25) is 5.41 Å². The molecule has 0 atom stereocenters. The maximum atomic E-state index is 8.24. The quantitative estimate of drug-likeness (QED) is 0.389. The molecule has 0 unspecified atom stereocenters. The molecule has 0 saturated heterocycles. The van der Waals surface area contributed by atoms with E-state index in [2.05, 4.69) is 59.2 Å². The Morgan fingerprint density at radius 1 is 0.571 bits per heavy atom. The van der Waals surface area contributed by atoms with Crippen LogP contribution in [0.1, 0.15) is 87.2 Å². The summed E-state index contributed by atoms with van der Waals surface area (Å²) in [5.74, 6) is 1.77. The topological polar surface area (TPSA) is 47.9 Å². The minimum atomic E-state index is 0.316. The average Bonchev–Trinajstić information content (AvgIpc) is 2.76. The zero-order valence-electron chi connectivity index (χ0n) is 16.8. The highest BCUT2D eigenvalue weighted by atomic mass is 15.1. The Bertz CT molecular complexity index is 686. The molecule has 2 aliphatic carbocycles. The molecule has 3 nitrogen and oxygen atoms in total. The van der Waals surface area contributed by atoms with Crippen molar-refractivity contribution in [2.24, 2.45) is 0 Å². The fraction of sp³-hybridized carbons (Fsp3) is 0.480. The van der Waals surface area contributed by atoms with Gasteiger partial charge < -0.3 is 10.6 Å². The van der Waals surface area contributed by atoms with Crippen molar-refractivity contribution in [1.82, 2.24) is 0 Å². The highest BCUT2D eigenvalue weighted by Crippen LogP contribution is 2.34. The first-order valence-corrected chi connectivity index (χ1v) is 11.1. The minimum Gasteiger partial charge on any atom is -0.326 e. The Morgan fingerprint density at radius 3 is 1.29 bits per heavy atom. The summed E-state index contributed by atoms with van der Waals surface area (Å²) in [6, 6.07) is 17.3. The molecule has 0 amide bonds. The summed E-state index contributed by atoms with van der Waals surface area (Å²) < 4.78 is 0. The first kappa shape index (κ1) is 19.0. The van der Waals surface area contributed by atoms with Gasteiger partial charge in [-0.25, -0.2) is 0 Å². The molecule has 0 aromatic heterocycles. The molecule has 3 N–H and O–H groups in total. The van der Waals surface area contributed by atoms with Crippen molar-refractivity contribution in [2.75, 3.05) is 10.6 Å². The third-order valence-electron chi connectivity index (χ3n) is 6.51. The van der Waals surface area contributed by atoms with Gasteiger partial charge in [-0.2, -0.15) is 0 Å². The number of benzene rings is 2. The maximum absolute atomic E-state index is 8.24. The van der Waals surface area contributed by atoms with Crippen LogP contribution < -0.4 is 10.6 Å². The third kappa shape index (κ3) is 4.95. The summed E-state index contributed by atoms with van der Waals surface area (Å²) in [4.78, 5) is 0. The number of hydrogen-bond acceptors (Lipinski definition) is 1. The van der Waals surface area contributed by atoms with E-state index in [1.807, 2.05) is 0 Å². The largest absolute Gasteiger partial charge is 0.326 e. The van der Waals surface area contributed by atoms with Gasteiger partial charge in [0.25, 0.3) is 0 Å². The van der Waals surface area contributed by atoms with E-state index in [0.717, 1.165) is 23.2 Å². The molecule has 148 valence electrons. The third-order valence-corrected chi connectivity index (χ3v) is 6.51. The number of guanidine groups is 1. The zero-order chi connectivity index (χ0) is 19.2. The number of nitrogens with one attached hydrogen (secondary N) is 3. The standard InChI is InChI=1S/C25H33N3/c26-25(27-23-15-11-21(12-16-23)19-7-3-1-4-8-19)28-24-17-13-22(14-18-24)20-9-5-2-6-10-20/h11-20H,1-10H2,(H3,26,27,28). The molecule has 2 fully saturated rings. The fourth-order valence-electron chi connectivity index (χ4n) is 4.87. The van der Waals surface area contributed by atoms with Gasteiger partial charge in [0.1, 0.15) is 0 Å². The lowest BCUT2D eigenvalue weighted by Gasteiger charge is -2.22. The Balaban J connectivity index is 1.30. The van der Waals surface area contributed by atoms with Crippen LogP contribution in [-0.4, -0.2) is 5.96 Å². The highest BCUT2D eigenvalue weighted by Gasteiger charge is 2.16. The Kier molecular flexibility index (Phi) is 6.31. The molecule has 2 aliphatic rings. The molecule has 0 bridgehead atoms. The maximum Gasteiger partial charge on any atom is 0.197 e. The molecule has 2 aromatic carbocycles. The van der Waals surface area contributed by atoms with Gasteiger partial charge in [0, 0.05) is 11.4 Å². The van der Waals surface area contributed by atoms with E-state index in [1.54, 1.807) is 0 Å². The molecule has 28 heavy (non-hydrogen) atoms. The molecule has 4 rings (SSSR count). The van der Waals surface area contributed by atoms with Gasteiger partial charge in [-0.15, -0.1) is 0 Å². The lowest BCUT2D eigenvalue weighted by molar-refractivity contribution is 0.443. The van der Waals surface area contributed by atoms with Gasteiger partial charge >= 0.3 is 0 Å². The van der Waals surface area contributed by atoms with Crippen molar-refractivity contribution in [3.63, 3.8) is 0 Å². The average molecular weight is 376 g/mol. The first-order chi connectivity index (χ1) is 13.8. The Labute approximate surface area is 169 Å². The second kappa shape index (κ2) is 9.27. The van der Waals surface area contributed by atoms with E-state index in [0.29, 0.717) is 5.96 Å². The van der Waals surface area contributed by atoms with Crippen LogP contribution in [0.4, 0.5) is 11.4 Å². The van der Waals surface area contributed by atoms with Crippen LogP contribution >= 0.6 is 0 Å². The second-order valence-corrected chi connectivity index (χ2v) is 8.54. The summed E-state index contributed by atoms with van der Waals surface area (Å²) in [5, 5.41) is 14.6. The molecule has 0 aliphatic heterocycles. The lowest BCUT2D eigenvalue weighted by Crippen LogP contribution is -2.20. The summed E-state index contributed by atoms with van der Waals surface area (Å²) in [5.41, 5.74) is 4.83. The normalized spacial score (nSPS) is 18.6.